The fraction of sp³-hybridized carbons (Fsp3) is 0.500. The van der Waals surface area contributed by atoms with Crippen LogP contribution >= 0.6 is 12.4 Å². The molecule has 0 atom stereocenters. The minimum Gasteiger partial charge on any atom is -0.492 e. The molecular formula is C16H24ClN3O4. The normalized spacial score (nSPS) is 13.8. The molecule has 2 rings (SSSR count). The standard InChI is InChI=1S/C16H23N3O4.ClH/c17-7-10-23-14-3-1-13(2-4-14)18-15(20)5-6-16(21)19-8-11-22-12-9-19;/h1-4H,5-12,17H2,(H,18,20);1H. The first-order chi connectivity index (χ1) is 11.2. The third-order valence-corrected chi connectivity index (χ3v) is 3.45. The summed E-state index contributed by atoms with van der Waals surface area (Å²) in [7, 11) is 0. The summed E-state index contributed by atoms with van der Waals surface area (Å²) in [6.45, 7) is 3.24. The van der Waals surface area contributed by atoms with Crippen molar-refractivity contribution >= 4 is 29.9 Å². The Morgan fingerprint density at radius 1 is 1.17 bits per heavy atom. The Morgan fingerprint density at radius 2 is 1.83 bits per heavy atom. The molecule has 1 aliphatic rings. The highest BCUT2D eigenvalue weighted by atomic mass is 35.5. The Kier molecular flexibility index (Phi) is 9.14. The highest BCUT2D eigenvalue weighted by molar-refractivity contribution is 5.93. The third-order valence-electron chi connectivity index (χ3n) is 3.45. The molecule has 1 aromatic rings. The van der Waals surface area contributed by atoms with Gasteiger partial charge in [0.2, 0.25) is 11.8 Å². The van der Waals surface area contributed by atoms with Gasteiger partial charge in [0.1, 0.15) is 12.4 Å². The van der Waals surface area contributed by atoms with E-state index in [4.69, 9.17) is 15.2 Å². The van der Waals surface area contributed by atoms with E-state index in [9.17, 15) is 9.59 Å². The van der Waals surface area contributed by atoms with Crippen LogP contribution in [0.3, 0.4) is 0 Å². The molecular weight excluding hydrogens is 334 g/mol. The summed E-state index contributed by atoms with van der Waals surface area (Å²) in [6, 6.07) is 7.05. The second-order valence-corrected chi connectivity index (χ2v) is 5.20. The zero-order chi connectivity index (χ0) is 16.5. The molecule has 1 aliphatic heterocycles. The molecule has 134 valence electrons. The topological polar surface area (TPSA) is 93.9 Å². The molecule has 0 bridgehead atoms. The first-order valence-electron chi connectivity index (χ1n) is 7.77. The van der Waals surface area contributed by atoms with Gasteiger partial charge in [0.15, 0.2) is 0 Å². The number of nitrogens with one attached hydrogen (secondary N) is 1. The van der Waals surface area contributed by atoms with E-state index in [1.165, 1.54) is 0 Å². The Bertz CT molecular complexity index is 519. The number of hydrogen-bond donors (Lipinski definition) is 2. The van der Waals surface area contributed by atoms with Crippen LogP contribution in [0, 0.1) is 0 Å². The number of hydrogen-bond acceptors (Lipinski definition) is 5. The Balaban J connectivity index is 0.00000288. The SMILES string of the molecule is Cl.NCCOc1ccc(NC(=O)CCC(=O)N2CCOCC2)cc1. The lowest BCUT2D eigenvalue weighted by Crippen LogP contribution is -2.40. The summed E-state index contributed by atoms with van der Waals surface area (Å²) in [5, 5.41) is 2.77. The Hall–Kier alpha value is -1.83. The van der Waals surface area contributed by atoms with Gasteiger partial charge in [-0.1, -0.05) is 0 Å². The summed E-state index contributed by atoms with van der Waals surface area (Å²) < 4.78 is 10.6. The summed E-state index contributed by atoms with van der Waals surface area (Å²) in [6.07, 6.45) is 0.380. The number of halogens is 1. The van der Waals surface area contributed by atoms with E-state index in [1.54, 1.807) is 29.2 Å². The monoisotopic (exact) mass is 357 g/mol. The zero-order valence-electron chi connectivity index (χ0n) is 13.5. The molecule has 0 aromatic heterocycles. The molecule has 0 radical (unpaired) electrons. The molecule has 1 saturated heterocycles. The Morgan fingerprint density at radius 3 is 2.46 bits per heavy atom. The van der Waals surface area contributed by atoms with Crippen molar-refractivity contribution in [3.05, 3.63) is 24.3 Å². The van der Waals surface area contributed by atoms with E-state index >= 15 is 0 Å². The molecule has 0 unspecified atom stereocenters. The number of nitrogens with two attached hydrogens (primary N) is 1. The zero-order valence-corrected chi connectivity index (χ0v) is 14.3. The van der Waals surface area contributed by atoms with E-state index in [2.05, 4.69) is 5.32 Å². The van der Waals surface area contributed by atoms with Crippen molar-refractivity contribution < 1.29 is 19.1 Å². The van der Waals surface area contributed by atoms with Gasteiger partial charge in [0.25, 0.3) is 0 Å². The van der Waals surface area contributed by atoms with E-state index in [0.717, 1.165) is 0 Å². The van der Waals surface area contributed by atoms with Crippen LogP contribution in [0.4, 0.5) is 5.69 Å². The molecule has 0 spiro atoms. The van der Waals surface area contributed by atoms with Crippen LogP contribution in [0.2, 0.25) is 0 Å². The quantitative estimate of drug-likeness (QED) is 0.760. The Labute approximate surface area is 147 Å². The molecule has 1 fully saturated rings. The van der Waals surface area contributed by atoms with Gasteiger partial charge in [-0.2, -0.15) is 0 Å². The van der Waals surface area contributed by atoms with Crippen molar-refractivity contribution in [2.45, 2.75) is 12.8 Å². The van der Waals surface area contributed by atoms with Gasteiger partial charge in [-0.25, -0.2) is 0 Å². The first kappa shape index (κ1) is 20.2. The van der Waals surface area contributed by atoms with Crippen LogP contribution in [0.5, 0.6) is 5.75 Å². The molecule has 8 heteroatoms. The highest BCUT2D eigenvalue weighted by Gasteiger charge is 2.17. The van der Waals surface area contributed by atoms with Crippen LogP contribution in [0.15, 0.2) is 24.3 Å². The highest BCUT2D eigenvalue weighted by Crippen LogP contribution is 2.16. The maximum absolute atomic E-state index is 12.0. The summed E-state index contributed by atoms with van der Waals surface area (Å²) in [5.74, 6) is 0.521. The van der Waals surface area contributed by atoms with Crippen LogP contribution in [-0.4, -0.2) is 56.2 Å². The van der Waals surface area contributed by atoms with Crippen molar-refractivity contribution in [3.8, 4) is 5.75 Å². The molecule has 0 saturated carbocycles. The molecule has 7 nitrogen and oxygen atoms in total. The third kappa shape index (κ3) is 6.74. The summed E-state index contributed by atoms with van der Waals surface area (Å²) >= 11 is 0. The lowest BCUT2D eigenvalue weighted by molar-refractivity contribution is -0.136. The van der Waals surface area contributed by atoms with Crippen molar-refractivity contribution in [3.63, 3.8) is 0 Å². The largest absolute Gasteiger partial charge is 0.492 e. The number of ether oxygens (including phenoxy) is 2. The van der Waals surface area contributed by atoms with E-state index in [0.29, 0.717) is 50.9 Å². The van der Waals surface area contributed by atoms with Gasteiger partial charge in [0, 0.05) is 38.2 Å². The summed E-state index contributed by atoms with van der Waals surface area (Å²) in [4.78, 5) is 25.6. The predicted molar refractivity (Wildman–Crippen MR) is 93.5 cm³/mol. The van der Waals surface area contributed by atoms with E-state index < -0.39 is 0 Å². The smallest absolute Gasteiger partial charge is 0.224 e. The first-order valence-corrected chi connectivity index (χ1v) is 7.77. The average molecular weight is 358 g/mol. The molecule has 1 heterocycles. The van der Waals surface area contributed by atoms with Crippen LogP contribution in [-0.2, 0) is 14.3 Å². The number of benzene rings is 1. The maximum Gasteiger partial charge on any atom is 0.224 e. The number of anilines is 1. The molecule has 1 aromatic carbocycles. The number of carbonyl (C=O) groups excluding carboxylic acids is 2. The maximum atomic E-state index is 12.0. The van der Waals surface area contributed by atoms with Crippen molar-refractivity contribution in [2.24, 2.45) is 5.73 Å². The fourth-order valence-corrected chi connectivity index (χ4v) is 2.23. The van der Waals surface area contributed by atoms with Crippen molar-refractivity contribution in [2.75, 3.05) is 44.8 Å². The van der Waals surface area contributed by atoms with Crippen LogP contribution < -0.4 is 15.8 Å². The van der Waals surface area contributed by atoms with Crippen molar-refractivity contribution in [1.82, 2.24) is 4.90 Å². The lowest BCUT2D eigenvalue weighted by atomic mass is 10.2. The minimum atomic E-state index is -0.178. The summed E-state index contributed by atoms with van der Waals surface area (Å²) in [5.41, 5.74) is 6.04. The number of rotatable bonds is 7. The van der Waals surface area contributed by atoms with Gasteiger partial charge < -0.3 is 25.4 Å². The predicted octanol–water partition coefficient (Wildman–Crippen LogP) is 1.02. The molecule has 24 heavy (non-hydrogen) atoms. The van der Waals surface area contributed by atoms with Gasteiger partial charge in [-0.3, -0.25) is 9.59 Å². The van der Waals surface area contributed by atoms with Gasteiger partial charge in [0.05, 0.1) is 13.2 Å². The van der Waals surface area contributed by atoms with E-state index in [1.807, 2.05) is 0 Å². The second-order valence-electron chi connectivity index (χ2n) is 5.20. The molecule has 0 aliphatic carbocycles. The van der Waals surface area contributed by atoms with Crippen LogP contribution in [0.1, 0.15) is 12.8 Å². The van der Waals surface area contributed by atoms with E-state index in [-0.39, 0.29) is 37.1 Å². The fourth-order valence-electron chi connectivity index (χ4n) is 2.23. The van der Waals surface area contributed by atoms with Gasteiger partial charge >= 0.3 is 0 Å². The van der Waals surface area contributed by atoms with Gasteiger partial charge in [-0.05, 0) is 24.3 Å². The van der Waals surface area contributed by atoms with Gasteiger partial charge in [-0.15, -0.1) is 12.4 Å². The molecule has 2 amide bonds. The minimum absolute atomic E-state index is 0. The number of carbonyl (C=O) groups is 2. The number of nitrogens with zero attached hydrogens (tertiary/aromatic N) is 1. The number of amides is 2. The number of morpholine rings is 1. The molecule has 3 N–H and O–H groups in total. The second kappa shape index (κ2) is 10.9. The van der Waals surface area contributed by atoms with Crippen molar-refractivity contribution in [1.29, 1.82) is 0 Å². The van der Waals surface area contributed by atoms with Crippen LogP contribution in [0.25, 0.3) is 0 Å². The average Bonchev–Trinajstić information content (AvgIpc) is 2.60. The lowest BCUT2D eigenvalue weighted by Gasteiger charge is -2.26.